The van der Waals surface area contributed by atoms with Crippen molar-refractivity contribution in [1.29, 1.82) is 0 Å². The number of hydrogen-bond donors (Lipinski definition) is 3. The van der Waals surface area contributed by atoms with Crippen LogP contribution in [0, 0.1) is 0 Å². The van der Waals surface area contributed by atoms with Crippen molar-refractivity contribution in [2.45, 2.75) is 37.8 Å². The van der Waals surface area contributed by atoms with Crippen LogP contribution in [0.3, 0.4) is 0 Å². The van der Waals surface area contributed by atoms with Gasteiger partial charge in [-0.1, -0.05) is 11.6 Å². The van der Waals surface area contributed by atoms with Gasteiger partial charge in [0.15, 0.2) is 22.8 Å². The minimum atomic E-state index is 0.252. The molecule has 0 unspecified atom stereocenters. The number of aromatic nitrogens is 4. The van der Waals surface area contributed by atoms with E-state index in [1.165, 1.54) is 25.7 Å². The van der Waals surface area contributed by atoms with Gasteiger partial charge in [0.25, 0.3) is 0 Å². The van der Waals surface area contributed by atoms with E-state index in [1.54, 1.807) is 18.6 Å². The second kappa shape index (κ2) is 11.5. The fourth-order valence-corrected chi connectivity index (χ4v) is 5.29. The van der Waals surface area contributed by atoms with E-state index in [4.69, 9.17) is 32.0 Å². The lowest BCUT2D eigenvalue weighted by Gasteiger charge is -2.34. The number of anilines is 5. The molecule has 1 saturated heterocycles. The number of fused-ring (bicyclic) bond motifs is 2. The number of piperazine rings is 1. The number of halogens is 2. The summed E-state index contributed by atoms with van der Waals surface area (Å²) in [6.45, 7) is 4.07. The quantitative estimate of drug-likeness (QED) is 0.178. The molecule has 218 valence electrons. The van der Waals surface area contributed by atoms with E-state index in [-0.39, 0.29) is 5.28 Å². The highest BCUT2D eigenvalue weighted by Gasteiger charge is 2.25. The Morgan fingerprint density at radius 2 is 1.38 bits per heavy atom. The van der Waals surface area contributed by atoms with E-state index < -0.39 is 0 Å². The highest BCUT2D eigenvalue weighted by molar-refractivity contribution is 6.33. The number of likely N-dealkylation sites (N-methyl/N-ethyl adjacent to an activating group) is 1. The molecule has 2 aliphatic carbocycles. The van der Waals surface area contributed by atoms with E-state index >= 15 is 0 Å². The zero-order valence-corrected chi connectivity index (χ0v) is 24.6. The molecule has 3 aliphatic rings. The molecular formula is C29H31Cl2N9O2. The molecule has 0 atom stereocenters. The van der Waals surface area contributed by atoms with Gasteiger partial charge >= 0.3 is 0 Å². The average Bonchev–Trinajstić information content (AvgIpc) is 3.87. The largest absolute Gasteiger partial charge is 0.459 e. The van der Waals surface area contributed by atoms with Crippen LogP contribution in [-0.4, -0.2) is 70.1 Å². The van der Waals surface area contributed by atoms with Crippen LogP contribution in [0.15, 0.2) is 51.7 Å². The Labute approximate surface area is 252 Å². The maximum absolute atomic E-state index is 6.59. The van der Waals surface area contributed by atoms with Gasteiger partial charge in [-0.2, -0.15) is 9.97 Å². The van der Waals surface area contributed by atoms with Gasteiger partial charge in [0.05, 0.1) is 23.2 Å². The van der Waals surface area contributed by atoms with Crippen LogP contribution >= 0.6 is 23.2 Å². The molecule has 5 aromatic rings. The lowest BCUT2D eigenvalue weighted by atomic mass is 10.2. The van der Waals surface area contributed by atoms with Crippen molar-refractivity contribution in [3.63, 3.8) is 0 Å². The van der Waals surface area contributed by atoms with Crippen molar-refractivity contribution in [1.82, 2.24) is 24.8 Å². The van der Waals surface area contributed by atoms with E-state index in [1.807, 2.05) is 18.2 Å². The summed E-state index contributed by atoms with van der Waals surface area (Å²) in [7, 11) is 2.15. The minimum Gasteiger partial charge on any atom is -0.459 e. The van der Waals surface area contributed by atoms with Gasteiger partial charge in [-0.05, 0) is 62.5 Å². The van der Waals surface area contributed by atoms with Gasteiger partial charge in [0.2, 0.25) is 11.2 Å². The molecular weight excluding hydrogens is 577 g/mol. The first-order valence-electron chi connectivity index (χ1n) is 14.2. The maximum Gasteiger partial charge on any atom is 0.229 e. The zero-order valence-electron chi connectivity index (χ0n) is 23.1. The normalized spacial score (nSPS) is 17.3. The third kappa shape index (κ3) is 6.18. The first-order valence-corrected chi connectivity index (χ1v) is 14.9. The van der Waals surface area contributed by atoms with Crippen molar-refractivity contribution >= 4 is 74.4 Å². The summed E-state index contributed by atoms with van der Waals surface area (Å²) in [5.74, 6) is 1.97. The number of nitrogens with zero attached hydrogens (tertiary/aromatic N) is 6. The first-order chi connectivity index (χ1) is 20.5. The van der Waals surface area contributed by atoms with Crippen LogP contribution in [0.5, 0.6) is 0 Å². The van der Waals surface area contributed by atoms with Crippen molar-refractivity contribution in [3.05, 3.63) is 53.2 Å². The monoisotopic (exact) mass is 607 g/mol. The molecule has 0 radical (unpaired) electrons. The minimum absolute atomic E-state index is 0.252. The Hall–Kier alpha value is -3.80. The molecule has 0 spiro atoms. The number of nitrogens with one attached hydrogen (secondary N) is 3. The van der Waals surface area contributed by atoms with Crippen LogP contribution in [0.1, 0.15) is 25.7 Å². The van der Waals surface area contributed by atoms with Gasteiger partial charge in [0, 0.05) is 56.1 Å². The molecule has 5 heterocycles. The van der Waals surface area contributed by atoms with Gasteiger partial charge < -0.3 is 34.6 Å². The Morgan fingerprint density at radius 3 is 2.00 bits per heavy atom. The zero-order chi connectivity index (χ0) is 28.6. The Balaban J connectivity index is 0.000000171. The standard InChI is InChI=1S/C20H23ClN6O.C9H8ClN3O/c1-26-7-9-27(10-8-26)17-5-4-14(12-15(17)21)23-20-24-16-6-11-28-18(16)19(25-20)22-13-2-3-13;10-9-12-6-3-4-14-7(6)8(13-9)11-5-1-2-5/h4-6,11-13H,2-3,7-10H2,1H3,(H2,22,23,24,25);3-5H,1-2H2,(H,11,12,13). The predicted octanol–water partition coefficient (Wildman–Crippen LogP) is 6.40. The van der Waals surface area contributed by atoms with Gasteiger partial charge in [-0.3, -0.25) is 0 Å². The summed E-state index contributed by atoms with van der Waals surface area (Å²) in [6.07, 6.45) is 7.93. The molecule has 0 bridgehead atoms. The van der Waals surface area contributed by atoms with Crippen LogP contribution in [0.4, 0.5) is 29.0 Å². The van der Waals surface area contributed by atoms with E-state index in [0.717, 1.165) is 59.4 Å². The third-order valence-corrected chi connectivity index (χ3v) is 7.94. The molecule has 0 amide bonds. The molecule has 3 N–H and O–H groups in total. The lowest BCUT2D eigenvalue weighted by molar-refractivity contribution is 0.313. The molecule has 1 aliphatic heterocycles. The number of hydrogen-bond acceptors (Lipinski definition) is 11. The van der Waals surface area contributed by atoms with Crippen LogP contribution < -0.4 is 20.9 Å². The van der Waals surface area contributed by atoms with Crippen LogP contribution in [0.25, 0.3) is 22.2 Å². The molecule has 4 aromatic heterocycles. The summed E-state index contributed by atoms with van der Waals surface area (Å²) < 4.78 is 10.8. The molecule has 3 fully saturated rings. The van der Waals surface area contributed by atoms with E-state index in [9.17, 15) is 0 Å². The van der Waals surface area contributed by atoms with E-state index in [0.29, 0.717) is 35.0 Å². The van der Waals surface area contributed by atoms with Gasteiger partial charge in [-0.25, -0.2) is 9.97 Å². The van der Waals surface area contributed by atoms with Crippen LogP contribution in [0.2, 0.25) is 10.3 Å². The van der Waals surface area contributed by atoms with Gasteiger partial charge in [-0.15, -0.1) is 0 Å². The summed E-state index contributed by atoms with van der Waals surface area (Å²) in [5, 5.41) is 10.9. The van der Waals surface area contributed by atoms with Gasteiger partial charge in [0.1, 0.15) is 11.0 Å². The van der Waals surface area contributed by atoms with Crippen molar-refractivity contribution in [2.75, 3.05) is 54.1 Å². The second-order valence-electron chi connectivity index (χ2n) is 10.9. The number of benzene rings is 1. The van der Waals surface area contributed by atoms with Crippen molar-refractivity contribution in [3.8, 4) is 0 Å². The van der Waals surface area contributed by atoms with Crippen LogP contribution in [-0.2, 0) is 0 Å². The molecule has 8 rings (SSSR count). The Bertz CT molecular complexity index is 1710. The second-order valence-corrected chi connectivity index (χ2v) is 11.7. The summed E-state index contributed by atoms with van der Waals surface area (Å²) in [5.41, 5.74) is 4.84. The molecule has 1 aromatic carbocycles. The highest BCUT2D eigenvalue weighted by Crippen LogP contribution is 2.33. The smallest absolute Gasteiger partial charge is 0.229 e. The third-order valence-electron chi connectivity index (χ3n) is 7.46. The number of furan rings is 2. The summed E-state index contributed by atoms with van der Waals surface area (Å²) >= 11 is 12.4. The topological polar surface area (TPSA) is 120 Å². The van der Waals surface area contributed by atoms with Crippen molar-refractivity contribution < 1.29 is 8.83 Å². The first kappa shape index (κ1) is 27.1. The fraction of sp³-hybridized carbons (Fsp3) is 0.379. The molecule has 42 heavy (non-hydrogen) atoms. The molecule has 11 nitrogen and oxygen atoms in total. The SMILES string of the molecule is CN1CCN(c2ccc(Nc3nc(NC4CC4)c4occc4n3)cc2Cl)CC1.Clc1nc(NC2CC2)c2occc2n1. The Kier molecular flexibility index (Phi) is 7.39. The average molecular weight is 609 g/mol. The summed E-state index contributed by atoms with van der Waals surface area (Å²) in [6, 6.07) is 10.7. The molecule has 2 saturated carbocycles. The maximum atomic E-state index is 6.59. The summed E-state index contributed by atoms with van der Waals surface area (Å²) in [4.78, 5) is 22.0. The molecule has 13 heteroatoms. The van der Waals surface area contributed by atoms with E-state index in [2.05, 4.69) is 58.8 Å². The lowest BCUT2D eigenvalue weighted by Crippen LogP contribution is -2.44. The highest BCUT2D eigenvalue weighted by atomic mass is 35.5. The Morgan fingerprint density at radius 1 is 0.762 bits per heavy atom. The predicted molar refractivity (Wildman–Crippen MR) is 166 cm³/mol. The fourth-order valence-electron chi connectivity index (χ4n) is 4.81. The number of rotatable bonds is 7. The van der Waals surface area contributed by atoms with Crippen molar-refractivity contribution in [2.24, 2.45) is 0 Å².